The summed E-state index contributed by atoms with van der Waals surface area (Å²) in [5.41, 5.74) is 9.40. The topological polar surface area (TPSA) is 56.2 Å². The summed E-state index contributed by atoms with van der Waals surface area (Å²) in [5.74, 6) is 0. The van der Waals surface area contributed by atoms with Gasteiger partial charge in [0.15, 0.2) is 5.65 Å². The fourth-order valence-electron chi connectivity index (χ4n) is 1.74. The number of hydrogen-bond donors (Lipinski definition) is 1. The van der Waals surface area contributed by atoms with E-state index in [-0.39, 0.29) is 0 Å². The average Bonchev–Trinajstić information content (AvgIpc) is 2.79. The Morgan fingerprint density at radius 2 is 1.88 bits per heavy atom. The Kier molecular flexibility index (Phi) is 1.86. The highest BCUT2D eigenvalue weighted by molar-refractivity contribution is 5.73. The summed E-state index contributed by atoms with van der Waals surface area (Å²) in [4.78, 5) is 4.08. The SMILES string of the molecule is Nc1cc(-c2ccccc2)cn2ncnc12. The zero-order chi connectivity index (χ0) is 11.0. The number of hydrogen-bond acceptors (Lipinski definition) is 3. The van der Waals surface area contributed by atoms with Gasteiger partial charge in [0.05, 0.1) is 5.69 Å². The zero-order valence-corrected chi connectivity index (χ0v) is 8.54. The Hall–Kier alpha value is -2.36. The molecule has 2 heterocycles. The second-order valence-electron chi connectivity index (χ2n) is 3.58. The highest BCUT2D eigenvalue weighted by Gasteiger charge is 2.04. The molecule has 4 nitrogen and oxygen atoms in total. The van der Waals surface area contributed by atoms with Crippen LogP contribution in [0.4, 0.5) is 5.69 Å². The lowest BCUT2D eigenvalue weighted by molar-refractivity contribution is 0.964. The van der Waals surface area contributed by atoms with Crippen LogP contribution < -0.4 is 5.73 Å². The van der Waals surface area contributed by atoms with Crippen molar-refractivity contribution in [3.63, 3.8) is 0 Å². The molecule has 0 fully saturated rings. The Morgan fingerprint density at radius 3 is 2.69 bits per heavy atom. The van der Waals surface area contributed by atoms with Gasteiger partial charge in [-0.05, 0) is 11.6 Å². The monoisotopic (exact) mass is 210 g/mol. The lowest BCUT2D eigenvalue weighted by Crippen LogP contribution is -1.95. The number of nitrogen functional groups attached to an aromatic ring is 1. The molecule has 3 aromatic rings. The van der Waals surface area contributed by atoms with E-state index in [0.717, 1.165) is 11.1 Å². The van der Waals surface area contributed by atoms with Gasteiger partial charge >= 0.3 is 0 Å². The second kappa shape index (κ2) is 3.34. The molecule has 3 rings (SSSR count). The molecule has 0 atom stereocenters. The number of anilines is 1. The maximum Gasteiger partial charge on any atom is 0.178 e. The molecule has 0 saturated carbocycles. The fourth-order valence-corrected chi connectivity index (χ4v) is 1.74. The van der Waals surface area contributed by atoms with Crippen LogP contribution in [0.25, 0.3) is 16.8 Å². The van der Waals surface area contributed by atoms with Crippen LogP contribution in [-0.2, 0) is 0 Å². The second-order valence-corrected chi connectivity index (χ2v) is 3.58. The maximum absolute atomic E-state index is 5.92. The van der Waals surface area contributed by atoms with Gasteiger partial charge in [-0.3, -0.25) is 0 Å². The van der Waals surface area contributed by atoms with Crippen LogP contribution >= 0.6 is 0 Å². The van der Waals surface area contributed by atoms with Crippen molar-refractivity contribution < 1.29 is 0 Å². The molecule has 0 aliphatic carbocycles. The third-order valence-electron chi connectivity index (χ3n) is 2.51. The van der Waals surface area contributed by atoms with Crippen molar-refractivity contribution in [2.75, 3.05) is 5.73 Å². The number of nitrogens with zero attached hydrogens (tertiary/aromatic N) is 3. The number of rotatable bonds is 1. The maximum atomic E-state index is 5.92. The number of pyridine rings is 1. The Labute approximate surface area is 92.4 Å². The van der Waals surface area contributed by atoms with E-state index in [4.69, 9.17) is 5.73 Å². The Balaban J connectivity index is 2.25. The van der Waals surface area contributed by atoms with E-state index in [2.05, 4.69) is 10.1 Å². The highest BCUT2D eigenvalue weighted by Crippen LogP contribution is 2.22. The number of benzene rings is 1. The standard InChI is InChI=1S/C12H10N4/c13-11-6-10(9-4-2-1-3-5-9)7-16-12(11)14-8-15-16/h1-8H,13H2. The molecule has 16 heavy (non-hydrogen) atoms. The van der Waals surface area contributed by atoms with E-state index >= 15 is 0 Å². The molecular weight excluding hydrogens is 200 g/mol. The highest BCUT2D eigenvalue weighted by atomic mass is 15.3. The molecule has 0 amide bonds. The number of aromatic nitrogens is 3. The summed E-state index contributed by atoms with van der Waals surface area (Å²) in [5, 5.41) is 4.09. The smallest absolute Gasteiger partial charge is 0.178 e. The molecule has 0 saturated heterocycles. The van der Waals surface area contributed by atoms with Gasteiger partial charge in [-0.25, -0.2) is 9.50 Å². The van der Waals surface area contributed by atoms with Crippen molar-refractivity contribution >= 4 is 11.3 Å². The predicted octanol–water partition coefficient (Wildman–Crippen LogP) is 1.98. The molecule has 1 aromatic carbocycles. The minimum atomic E-state index is 0.638. The van der Waals surface area contributed by atoms with Crippen molar-refractivity contribution in [1.29, 1.82) is 0 Å². The van der Waals surface area contributed by atoms with Crippen LogP contribution in [0, 0.1) is 0 Å². The first-order valence-corrected chi connectivity index (χ1v) is 4.99. The van der Waals surface area contributed by atoms with Crippen molar-refractivity contribution in [3.8, 4) is 11.1 Å². The summed E-state index contributed by atoms with van der Waals surface area (Å²) in [6.45, 7) is 0. The van der Waals surface area contributed by atoms with Gasteiger partial charge < -0.3 is 5.73 Å². The summed E-state index contributed by atoms with van der Waals surface area (Å²) < 4.78 is 1.69. The van der Waals surface area contributed by atoms with E-state index in [0.29, 0.717) is 11.3 Å². The van der Waals surface area contributed by atoms with E-state index in [1.807, 2.05) is 42.6 Å². The lowest BCUT2D eigenvalue weighted by atomic mass is 10.1. The van der Waals surface area contributed by atoms with Crippen molar-refractivity contribution in [3.05, 3.63) is 48.9 Å². The molecule has 0 aliphatic rings. The lowest BCUT2D eigenvalue weighted by Gasteiger charge is -2.04. The van der Waals surface area contributed by atoms with Crippen molar-refractivity contribution in [2.24, 2.45) is 0 Å². The van der Waals surface area contributed by atoms with Gasteiger partial charge in [0, 0.05) is 11.8 Å². The van der Waals surface area contributed by atoms with Crippen molar-refractivity contribution in [2.45, 2.75) is 0 Å². The number of nitrogens with two attached hydrogens (primary N) is 1. The largest absolute Gasteiger partial charge is 0.396 e. The fraction of sp³-hybridized carbons (Fsp3) is 0. The Morgan fingerprint density at radius 1 is 1.06 bits per heavy atom. The first kappa shape index (κ1) is 8.91. The minimum absolute atomic E-state index is 0.638. The summed E-state index contributed by atoms with van der Waals surface area (Å²) in [6, 6.07) is 12.0. The summed E-state index contributed by atoms with van der Waals surface area (Å²) >= 11 is 0. The Bertz CT molecular complexity index is 628. The van der Waals surface area contributed by atoms with Crippen LogP contribution in [0.5, 0.6) is 0 Å². The van der Waals surface area contributed by atoms with Crippen molar-refractivity contribution in [1.82, 2.24) is 14.6 Å². The molecule has 0 radical (unpaired) electrons. The predicted molar refractivity (Wildman–Crippen MR) is 62.8 cm³/mol. The van der Waals surface area contributed by atoms with Crippen LogP contribution in [0.3, 0.4) is 0 Å². The van der Waals surface area contributed by atoms with Gasteiger partial charge in [0.25, 0.3) is 0 Å². The molecular formula is C12H10N4. The van der Waals surface area contributed by atoms with Gasteiger partial charge in [0.2, 0.25) is 0 Å². The normalized spacial score (nSPS) is 10.8. The van der Waals surface area contributed by atoms with E-state index < -0.39 is 0 Å². The average molecular weight is 210 g/mol. The molecule has 0 bridgehead atoms. The van der Waals surface area contributed by atoms with Crippen LogP contribution in [0.2, 0.25) is 0 Å². The van der Waals surface area contributed by atoms with Crippen LogP contribution in [0.1, 0.15) is 0 Å². The summed E-state index contributed by atoms with van der Waals surface area (Å²) in [7, 11) is 0. The molecule has 2 N–H and O–H groups in total. The van der Waals surface area contributed by atoms with Gasteiger partial charge in [-0.1, -0.05) is 30.3 Å². The third-order valence-corrected chi connectivity index (χ3v) is 2.51. The first-order valence-electron chi connectivity index (χ1n) is 4.99. The minimum Gasteiger partial charge on any atom is -0.396 e. The van der Waals surface area contributed by atoms with E-state index in [1.165, 1.54) is 6.33 Å². The molecule has 0 unspecified atom stereocenters. The van der Waals surface area contributed by atoms with Gasteiger partial charge in [0.1, 0.15) is 6.33 Å². The van der Waals surface area contributed by atoms with Crippen LogP contribution in [0.15, 0.2) is 48.9 Å². The molecule has 4 heteroatoms. The van der Waals surface area contributed by atoms with Gasteiger partial charge in [-0.15, -0.1) is 0 Å². The summed E-state index contributed by atoms with van der Waals surface area (Å²) in [6.07, 6.45) is 3.43. The molecule has 0 aliphatic heterocycles. The van der Waals surface area contributed by atoms with Gasteiger partial charge in [-0.2, -0.15) is 5.10 Å². The molecule has 0 spiro atoms. The number of fused-ring (bicyclic) bond motifs is 1. The first-order chi connectivity index (χ1) is 7.84. The molecule has 78 valence electrons. The van der Waals surface area contributed by atoms with E-state index in [9.17, 15) is 0 Å². The van der Waals surface area contributed by atoms with E-state index in [1.54, 1.807) is 4.52 Å². The quantitative estimate of drug-likeness (QED) is 0.668. The third kappa shape index (κ3) is 1.32. The van der Waals surface area contributed by atoms with Crippen LogP contribution in [-0.4, -0.2) is 14.6 Å². The zero-order valence-electron chi connectivity index (χ0n) is 8.54. The molecule has 2 aromatic heterocycles.